The molecule has 1 saturated heterocycles. The number of piperazine rings is 1. The Balaban J connectivity index is 1.49. The van der Waals surface area contributed by atoms with Crippen LogP contribution in [0.4, 0.5) is 5.69 Å². The van der Waals surface area contributed by atoms with Crippen molar-refractivity contribution in [3.63, 3.8) is 0 Å². The average molecular weight is 429 g/mol. The van der Waals surface area contributed by atoms with E-state index in [4.69, 9.17) is 26.3 Å². The van der Waals surface area contributed by atoms with Gasteiger partial charge in [0.2, 0.25) is 5.91 Å². The van der Waals surface area contributed by atoms with Crippen LogP contribution in [0.15, 0.2) is 36.4 Å². The van der Waals surface area contributed by atoms with Crippen LogP contribution in [0.3, 0.4) is 0 Å². The van der Waals surface area contributed by atoms with Crippen LogP contribution in [0.1, 0.15) is 11.1 Å². The summed E-state index contributed by atoms with van der Waals surface area (Å²) >= 11 is 6.17. The fraction of sp³-hybridized carbons (Fsp3) is 0.364. The Morgan fingerprint density at radius 2 is 1.70 bits per heavy atom. The van der Waals surface area contributed by atoms with E-state index in [1.165, 1.54) is 19.8 Å². The summed E-state index contributed by atoms with van der Waals surface area (Å²) in [5.41, 5.74) is 2.38. The Labute approximate surface area is 181 Å². The fourth-order valence-corrected chi connectivity index (χ4v) is 3.64. The van der Waals surface area contributed by atoms with Gasteiger partial charge in [-0.1, -0.05) is 23.7 Å². The number of nitrogens with zero attached hydrogens (tertiary/aromatic N) is 3. The van der Waals surface area contributed by atoms with E-state index in [0.29, 0.717) is 34.3 Å². The molecule has 1 N–H and O–H groups in total. The number of benzene rings is 2. The summed E-state index contributed by atoms with van der Waals surface area (Å²) in [4.78, 5) is 17.0. The van der Waals surface area contributed by atoms with Gasteiger partial charge in [0.25, 0.3) is 0 Å². The summed E-state index contributed by atoms with van der Waals surface area (Å²) < 4.78 is 10.5. The summed E-state index contributed by atoms with van der Waals surface area (Å²) in [5, 5.41) is 12.2. The van der Waals surface area contributed by atoms with Crippen molar-refractivity contribution in [2.45, 2.75) is 6.54 Å². The molecule has 0 radical (unpaired) electrons. The van der Waals surface area contributed by atoms with E-state index in [9.17, 15) is 4.79 Å². The van der Waals surface area contributed by atoms with Gasteiger partial charge in [0.1, 0.15) is 11.5 Å². The summed E-state index contributed by atoms with van der Waals surface area (Å²) in [6.07, 6.45) is 0. The van der Waals surface area contributed by atoms with Crippen LogP contribution in [0.2, 0.25) is 5.02 Å². The van der Waals surface area contributed by atoms with Crippen molar-refractivity contribution < 1.29 is 14.3 Å². The summed E-state index contributed by atoms with van der Waals surface area (Å²) in [5.74, 6) is 0.872. The molecule has 0 bridgehead atoms. The lowest BCUT2D eigenvalue weighted by molar-refractivity contribution is -0.117. The van der Waals surface area contributed by atoms with E-state index in [2.05, 4.69) is 21.2 Å². The zero-order valence-corrected chi connectivity index (χ0v) is 17.9. The molecule has 7 nitrogen and oxygen atoms in total. The Kier molecular flexibility index (Phi) is 7.52. The summed E-state index contributed by atoms with van der Waals surface area (Å²) in [6.45, 7) is 4.52. The zero-order valence-electron chi connectivity index (χ0n) is 17.2. The number of anilines is 1. The largest absolute Gasteiger partial charge is 0.495 e. The molecule has 1 aliphatic heterocycles. The van der Waals surface area contributed by atoms with Gasteiger partial charge in [-0.25, -0.2) is 0 Å². The molecule has 0 saturated carbocycles. The van der Waals surface area contributed by atoms with E-state index in [1.54, 1.807) is 12.1 Å². The Hall–Kier alpha value is -2.79. The van der Waals surface area contributed by atoms with E-state index in [0.717, 1.165) is 32.7 Å². The van der Waals surface area contributed by atoms with Gasteiger partial charge in [-0.05, 0) is 23.8 Å². The van der Waals surface area contributed by atoms with Gasteiger partial charge in [0, 0.05) is 38.8 Å². The molecular weight excluding hydrogens is 404 g/mol. The molecule has 0 atom stereocenters. The first-order chi connectivity index (χ1) is 14.5. The Bertz CT molecular complexity index is 919. The number of methoxy groups -OCH3 is 2. The number of amides is 1. The number of nitriles is 1. The third-order valence-corrected chi connectivity index (χ3v) is 5.36. The highest BCUT2D eigenvalue weighted by atomic mass is 35.5. The first-order valence-electron chi connectivity index (χ1n) is 9.67. The van der Waals surface area contributed by atoms with Crippen LogP contribution in [-0.4, -0.2) is 62.7 Å². The molecule has 1 heterocycles. The summed E-state index contributed by atoms with van der Waals surface area (Å²) in [6, 6.07) is 13.1. The molecule has 30 heavy (non-hydrogen) atoms. The third-order valence-electron chi connectivity index (χ3n) is 5.07. The predicted octanol–water partition coefficient (Wildman–Crippen LogP) is 2.99. The Morgan fingerprint density at radius 1 is 1.07 bits per heavy atom. The third kappa shape index (κ3) is 5.63. The summed E-state index contributed by atoms with van der Waals surface area (Å²) in [7, 11) is 3.06. The number of hydrogen-bond acceptors (Lipinski definition) is 6. The molecule has 158 valence electrons. The number of carbonyl (C=O) groups excluding carboxylic acids is 1. The number of nitrogens with one attached hydrogen (secondary N) is 1. The first kappa shape index (κ1) is 21.9. The lowest BCUT2D eigenvalue weighted by atomic mass is 10.1. The van der Waals surface area contributed by atoms with Crippen molar-refractivity contribution in [1.29, 1.82) is 5.26 Å². The van der Waals surface area contributed by atoms with Gasteiger partial charge < -0.3 is 14.8 Å². The zero-order chi connectivity index (χ0) is 21.5. The number of halogens is 1. The maximum atomic E-state index is 12.5. The van der Waals surface area contributed by atoms with Crippen LogP contribution in [-0.2, 0) is 11.3 Å². The van der Waals surface area contributed by atoms with E-state index in [-0.39, 0.29) is 5.91 Å². The number of ether oxygens (including phenoxy) is 2. The fourth-order valence-electron chi connectivity index (χ4n) is 3.40. The quantitative estimate of drug-likeness (QED) is 0.730. The number of carbonyl (C=O) groups is 1. The normalized spacial score (nSPS) is 14.7. The highest BCUT2D eigenvalue weighted by Crippen LogP contribution is 2.35. The molecule has 0 aromatic heterocycles. The topological polar surface area (TPSA) is 77.8 Å². The molecule has 1 aliphatic rings. The van der Waals surface area contributed by atoms with Gasteiger partial charge in [-0.2, -0.15) is 5.26 Å². The molecule has 3 rings (SSSR count). The molecule has 2 aromatic carbocycles. The smallest absolute Gasteiger partial charge is 0.238 e. The number of rotatable bonds is 7. The van der Waals surface area contributed by atoms with Crippen LogP contribution < -0.4 is 14.8 Å². The van der Waals surface area contributed by atoms with Crippen molar-refractivity contribution in [1.82, 2.24) is 9.80 Å². The predicted molar refractivity (Wildman–Crippen MR) is 116 cm³/mol. The van der Waals surface area contributed by atoms with Crippen LogP contribution in [0.5, 0.6) is 11.5 Å². The molecule has 2 aromatic rings. The maximum absolute atomic E-state index is 12.5. The monoisotopic (exact) mass is 428 g/mol. The second-order valence-electron chi connectivity index (χ2n) is 7.10. The molecule has 1 amide bonds. The van der Waals surface area contributed by atoms with Crippen LogP contribution >= 0.6 is 11.6 Å². The molecule has 8 heteroatoms. The van der Waals surface area contributed by atoms with Crippen molar-refractivity contribution in [2.75, 3.05) is 52.3 Å². The van der Waals surface area contributed by atoms with Crippen molar-refractivity contribution in [2.24, 2.45) is 0 Å². The molecule has 0 aliphatic carbocycles. The first-order valence-corrected chi connectivity index (χ1v) is 10.0. The van der Waals surface area contributed by atoms with Gasteiger partial charge in [0.05, 0.1) is 43.1 Å². The molecular formula is C22H25ClN4O3. The van der Waals surface area contributed by atoms with Crippen LogP contribution in [0, 0.1) is 11.3 Å². The van der Waals surface area contributed by atoms with Gasteiger partial charge in [0.15, 0.2) is 0 Å². The van der Waals surface area contributed by atoms with Gasteiger partial charge in [-0.15, -0.1) is 0 Å². The van der Waals surface area contributed by atoms with E-state index < -0.39 is 0 Å². The lowest BCUT2D eigenvalue weighted by Gasteiger charge is -2.34. The van der Waals surface area contributed by atoms with Crippen molar-refractivity contribution in [3.8, 4) is 17.6 Å². The SMILES string of the molecule is COc1cc(OC)c(NC(=O)CN2CCN(Cc3ccc(C#N)cc3)CC2)cc1Cl. The molecule has 0 spiro atoms. The molecule has 0 unspecified atom stereocenters. The number of hydrogen-bond donors (Lipinski definition) is 1. The van der Waals surface area contributed by atoms with E-state index in [1.807, 2.05) is 24.3 Å². The second-order valence-corrected chi connectivity index (χ2v) is 7.50. The van der Waals surface area contributed by atoms with Gasteiger partial charge in [-0.3, -0.25) is 14.6 Å². The standard InChI is InChI=1S/C22H25ClN4O3/c1-29-20-12-21(30-2)19(11-18(20)23)25-22(28)15-27-9-7-26(8-10-27)14-17-5-3-16(13-24)4-6-17/h3-6,11-12H,7-10,14-15H2,1-2H3,(H,25,28). The minimum Gasteiger partial charge on any atom is -0.495 e. The highest BCUT2D eigenvalue weighted by Gasteiger charge is 2.20. The van der Waals surface area contributed by atoms with E-state index >= 15 is 0 Å². The van der Waals surface area contributed by atoms with Gasteiger partial charge >= 0.3 is 0 Å². The second kappa shape index (κ2) is 10.3. The average Bonchev–Trinajstić information content (AvgIpc) is 2.76. The maximum Gasteiger partial charge on any atom is 0.238 e. The van der Waals surface area contributed by atoms with Crippen LogP contribution in [0.25, 0.3) is 0 Å². The molecule has 1 fully saturated rings. The highest BCUT2D eigenvalue weighted by molar-refractivity contribution is 6.32. The van der Waals surface area contributed by atoms with Crippen molar-refractivity contribution in [3.05, 3.63) is 52.5 Å². The minimum atomic E-state index is -0.116. The minimum absolute atomic E-state index is 0.116. The van der Waals surface area contributed by atoms with Crippen molar-refractivity contribution >= 4 is 23.2 Å². The Morgan fingerprint density at radius 3 is 2.30 bits per heavy atom. The lowest BCUT2D eigenvalue weighted by Crippen LogP contribution is -2.48.